The Balaban J connectivity index is 1.56. The Morgan fingerprint density at radius 1 is 1.08 bits per heavy atom. The second-order valence-corrected chi connectivity index (χ2v) is 6.16. The van der Waals surface area contributed by atoms with Gasteiger partial charge in [-0.1, -0.05) is 24.3 Å². The first-order chi connectivity index (χ1) is 12.7. The van der Waals surface area contributed by atoms with Crippen LogP contribution in [0.4, 0.5) is 4.39 Å². The molecule has 1 heterocycles. The van der Waals surface area contributed by atoms with E-state index in [0.29, 0.717) is 6.54 Å². The molecule has 0 unspecified atom stereocenters. The summed E-state index contributed by atoms with van der Waals surface area (Å²) >= 11 is 0. The van der Waals surface area contributed by atoms with Gasteiger partial charge in [0.1, 0.15) is 5.82 Å². The third-order valence-corrected chi connectivity index (χ3v) is 4.40. The van der Waals surface area contributed by atoms with Gasteiger partial charge in [-0.2, -0.15) is 0 Å². The highest BCUT2D eigenvalue weighted by molar-refractivity contribution is 5.83. The number of nitrogens with one attached hydrogen (secondary N) is 2. The Hall–Kier alpha value is -2.95. The van der Waals surface area contributed by atoms with Gasteiger partial charge in [0.05, 0.1) is 5.52 Å². The number of aryl methyl sites for hydroxylation is 1. The highest BCUT2D eigenvalue weighted by Crippen LogP contribution is 2.15. The summed E-state index contributed by atoms with van der Waals surface area (Å²) < 4.78 is 13.2. The molecule has 0 bridgehead atoms. The highest BCUT2D eigenvalue weighted by atomic mass is 19.1. The molecule has 2 aromatic carbocycles. The van der Waals surface area contributed by atoms with E-state index in [1.807, 2.05) is 43.5 Å². The number of hydrogen-bond acceptors (Lipinski definition) is 2. The molecule has 3 rings (SSSR count). The summed E-state index contributed by atoms with van der Waals surface area (Å²) in [5.41, 5.74) is 4.27. The molecule has 3 aromatic rings. The van der Waals surface area contributed by atoms with Crippen molar-refractivity contribution in [2.45, 2.75) is 19.9 Å². The number of rotatable bonds is 5. The van der Waals surface area contributed by atoms with Gasteiger partial charge >= 0.3 is 0 Å². The van der Waals surface area contributed by atoms with Crippen LogP contribution in [0.2, 0.25) is 0 Å². The second kappa shape index (κ2) is 8.43. The number of nitrogens with zero attached hydrogens (tertiary/aromatic N) is 2. The van der Waals surface area contributed by atoms with Crippen LogP contribution in [-0.2, 0) is 13.0 Å². The van der Waals surface area contributed by atoms with E-state index in [0.717, 1.165) is 41.0 Å². The largest absolute Gasteiger partial charge is 0.356 e. The van der Waals surface area contributed by atoms with Gasteiger partial charge in [-0.15, -0.1) is 0 Å². The molecule has 0 saturated heterocycles. The van der Waals surface area contributed by atoms with Gasteiger partial charge in [0.15, 0.2) is 5.96 Å². The van der Waals surface area contributed by atoms with Gasteiger partial charge in [0.2, 0.25) is 0 Å². The summed E-state index contributed by atoms with van der Waals surface area (Å²) in [4.78, 5) is 8.66. The van der Waals surface area contributed by atoms with Crippen molar-refractivity contribution in [3.05, 3.63) is 77.2 Å². The summed E-state index contributed by atoms with van der Waals surface area (Å²) in [5, 5.41) is 7.79. The van der Waals surface area contributed by atoms with Crippen LogP contribution in [0.5, 0.6) is 0 Å². The molecular formula is C21H23FN4. The molecule has 0 saturated carbocycles. The summed E-state index contributed by atoms with van der Waals surface area (Å²) in [5.74, 6) is 0.548. The monoisotopic (exact) mass is 350 g/mol. The van der Waals surface area contributed by atoms with Crippen LogP contribution in [0.1, 0.15) is 16.7 Å². The number of aliphatic imine (C=N–C) groups is 1. The Kier molecular flexibility index (Phi) is 5.79. The molecule has 5 heteroatoms. The predicted molar refractivity (Wildman–Crippen MR) is 105 cm³/mol. The smallest absolute Gasteiger partial charge is 0.191 e. The quantitative estimate of drug-likeness (QED) is 0.546. The third kappa shape index (κ3) is 4.36. The van der Waals surface area contributed by atoms with Crippen LogP contribution in [-0.4, -0.2) is 24.5 Å². The van der Waals surface area contributed by atoms with Crippen molar-refractivity contribution in [1.29, 1.82) is 0 Å². The van der Waals surface area contributed by atoms with E-state index in [1.54, 1.807) is 13.1 Å². The molecule has 0 spiro atoms. The van der Waals surface area contributed by atoms with Crippen LogP contribution in [0.3, 0.4) is 0 Å². The zero-order valence-corrected chi connectivity index (χ0v) is 15.1. The molecule has 4 nitrogen and oxygen atoms in total. The lowest BCUT2D eigenvalue weighted by molar-refractivity contribution is 0.625. The molecule has 1 aromatic heterocycles. The van der Waals surface area contributed by atoms with E-state index in [-0.39, 0.29) is 5.82 Å². The molecule has 0 fully saturated rings. The van der Waals surface area contributed by atoms with Gasteiger partial charge in [0, 0.05) is 31.7 Å². The number of fused-ring (bicyclic) bond motifs is 1. The first-order valence-electron chi connectivity index (χ1n) is 8.69. The Morgan fingerprint density at radius 3 is 2.73 bits per heavy atom. The number of hydrogen-bond donors (Lipinski definition) is 2. The van der Waals surface area contributed by atoms with Gasteiger partial charge in [-0.3, -0.25) is 9.98 Å². The van der Waals surface area contributed by atoms with Crippen molar-refractivity contribution in [3.63, 3.8) is 0 Å². The topological polar surface area (TPSA) is 49.3 Å². The molecule has 2 N–H and O–H groups in total. The van der Waals surface area contributed by atoms with Crippen molar-refractivity contribution >= 4 is 16.9 Å². The maximum atomic E-state index is 13.2. The summed E-state index contributed by atoms with van der Waals surface area (Å²) in [6, 6.07) is 15.0. The fraction of sp³-hybridized carbons (Fsp3) is 0.238. The Labute approximate surface area is 153 Å². The molecule has 0 aliphatic carbocycles. The fourth-order valence-electron chi connectivity index (χ4n) is 2.96. The van der Waals surface area contributed by atoms with Gasteiger partial charge < -0.3 is 10.6 Å². The summed E-state index contributed by atoms with van der Waals surface area (Å²) in [7, 11) is 1.75. The lowest BCUT2D eigenvalue weighted by Gasteiger charge is -2.13. The number of halogens is 1. The standard InChI is InChI=1S/C21H23FN4/c1-15-13-18(22)8-7-16(15)9-12-25-21(23-2)26-14-17-10-11-24-20-6-4-3-5-19(17)20/h3-8,10-11,13H,9,12,14H2,1-2H3,(H2,23,25,26). The van der Waals surface area contributed by atoms with E-state index in [2.05, 4.69) is 26.7 Å². The highest BCUT2D eigenvalue weighted by Gasteiger charge is 2.04. The number of pyridine rings is 1. The van der Waals surface area contributed by atoms with E-state index in [4.69, 9.17) is 0 Å². The zero-order valence-electron chi connectivity index (χ0n) is 15.1. The van der Waals surface area contributed by atoms with E-state index in [1.165, 1.54) is 11.6 Å². The Bertz CT molecular complexity index is 916. The minimum absolute atomic E-state index is 0.193. The summed E-state index contributed by atoms with van der Waals surface area (Å²) in [6.07, 6.45) is 2.64. The lowest BCUT2D eigenvalue weighted by atomic mass is 10.1. The zero-order chi connectivity index (χ0) is 18.4. The molecule has 0 amide bonds. The van der Waals surface area contributed by atoms with Crippen molar-refractivity contribution in [3.8, 4) is 0 Å². The van der Waals surface area contributed by atoms with E-state index < -0.39 is 0 Å². The second-order valence-electron chi connectivity index (χ2n) is 6.16. The first-order valence-corrected chi connectivity index (χ1v) is 8.69. The number of aromatic nitrogens is 1. The van der Waals surface area contributed by atoms with Crippen LogP contribution in [0, 0.1) is 12.7 Å². The number of guanidine groups is 1. The molecule has 0 aliphatic rings. The number of para-hydroxylation sites is 1. The lowest BCUT2D eigenvalue weighted by Crippen LogP contribution is -2.38. The molecular weight excluding hydrogens is 327 g/mol. The van der Waals surface area contributed by atoms with Crippen LogP contribution in [0.15, 0.2) is 59.7 Å². The average Bonchev–Trinajstić information content (AvgIpc) is 2.66. The van der Waals surface area contributed by atoms with Crippen LogP contribution >= 0.6 is 0 Å². The van der Waals surface area contributed by atoms with Crippen molar-refractivity contribution < 1.29 is 4.39 Å². The first kappa shape index (κ1) is 17.9. The molecule has 134 valence electrons. The maximum absolute atomic E-state index is 13.2. The minimum Gasteiger partial charge on any atom is -0.356 e. The normalized spacial score (nSPS) is 11.6. The van der Waals surface area contributed by atoms with E-state index >= 15 is 0 Å². The van der Waals surface area contributed by atoms with Crippen LogP contribution < -0.4 is 10.6 Å². The SMILES string of the molecule is CN=C(NCCc1ccc(F)cc1C)NCc1ccnc2ccccc12. The third-order valence-electron chi connectivity index (χ3n) is 4.40. The molecule has 0 radical (unpaired) electrons. The molecule has 0 aliphatic heterocycles. The maximum Gasteiger partial charge on any atom is 0.191 e. The molecule has 0 atom stereocenters. The van der Waals surface area contributed by atoms with E-state index in [9.17, 15) is 4.39 Å². The van der Waals surface area contributed by atoms with Crippen molar-refractivity contribution in [2.24, 2.45) is 4.99 Å². The summed E-state index contributed by atoms with van der Waals surface area (Å²) in [6.45, 7) is 3.32. The minimum atomic E-state index is -0.193. The van der Waals surface area contributed by atoms with Gasteiger partial charge in [-0.25, -0.2) is 4.39 Å². The number of benzene rings is 2. The predicted octanol–water partition coefficient (Wildman–Crippen LogP) is 3.59. The fourth-order valence-corrected chi connectivity index (χ4v) is 2.96. The van der Waals surface area contributed by atoms with Crippen molar-refractivity contribution in [1.82, 2.24) is 15.6 Å². The molecule has 26 heavy (non-hydrogen) atoms. The van der Waals surface area contributed by atoms with Gasteiger partial charge in [-0.05, 0) is 54.3 Å². The average molecular weight is 350 g/mol. The Morgan fingerprint density at radius 2 is 1.92 bits per heavy atom. The van der Waals surface area contributed by atoms with Gasteiger partial charge in [0.25, 0.3) is 0 Å². The van der Waals surface area contributed by atoms with Crippen molar-refractivity contribution in [2.75, 3.05) is 13.6 Å². The van der Waals surface area contributed by atoms with Crippen LogP contribution in [0.25, 0.3) is 10.9 Å².